The van der Waals surface area contributed by atoms with Gasteiger partial charge in [0.25, 0.3) is 0 Å². The molecule has 0 saturated heterocycles. The van der Waals surface area contributed by atoms with Gasteiger partial charge in [-0.15, -0.1) is 11.3 Å². The van der Waals surface area contributed by atoms with E-state index in [0.717, 1.165) is 4.88 Å². The summed E-state index contributed by atoms with van der Waals surface area (Å²) in [5.41, 5.74) is 1.77. The van der Waals surface area contributed by atoms with Crippen LogP contribution in [-0.4, -0.2) is 31.5 Å². The second-order valence-electron chi connectivity index (χ2n) is 3.32. The number of sulfone groups is 1. The van der Waals surface area contributed by atoms with Crippen LogP contribution >= 0.6 is 11.3 Å². The zero-order valence-corrected chi connectivity index (χ0v) is 10.6. The lowest BCUT2D eigenvalue weighted by Crippen LogP contribution is -2.25. The van der Waals surface area contributed by atoms with E-state index < -0.39 is 9.84 Å². The van der Waals surface area contributed by atoms with Gasteiger partial charge in [0, 0.05) is 29.4 Å². The Kier molecular flexibility index (Phi) is 4.69. The molecule has 4 nitrogen and oxygen atoms in total. The van der Waals surface area contributed by atoms with Gasteiger partial charge in [0.2, 0.25) is 0 Å². The van der Waals surface area contributed by atoms with Crippen LogP contribution in [0.2, 0.25) is 0 Å². The van der Waals surface area contributed by atoms with E-state index in [1.54, 1.807) is 30.0 Å². The minimum absolute atomic E-state index is 0.171. The van der Waals surface area contributed by atoms with Crippen LogP contribution in [0.1, 0.15) is 24.8 Å². The molecular formula is C9H16N2O2S2. The highest BCUT2D eigenvalue weighted by molar-refractivity contribution is 7.91. The number of hydrogen-bond acceptors (Lipinski definition) is 5. The minimum Gasteiger partial charge on any atom is -0.308 e. The molecule has 0 spiro atoms. The zero-order chi connectivity index (χ0) is 11.3. The highest BCUT2D eigenvalue weighted by Gasteiger charge is 2.09. The van der Waals surface area contributed by atoms with Gasteiger partial charge in [-0.3, -0.25) is 4.98 Å². The average Bonchev–Trinajstić information content (AvgIpc) is 2.70. The second-order valence-corrected chi connectivity index (χ2v) is 6.71. The molecule has 0 saturated carbocycles. The molecule has 0 radical (unpaired) electrons. The van der Waals surface area contributed by atoms with E-state index in [-0.39, 0.29) is 17.5 Å². The van der Waals surface area contributed by atoms with Gasteiger partial charge < -0.3 is 5.32 Å². The van der Waals surface area contributed by atoms with Crippen molar-refractivity contribution < 1.29 is 8.42 Å². The lowest BCUT2D eigenvalue weighted by Gasteiger charge is -2.10. The van der Waals surface area contributed by atoms with Crippen LogP contribution in [-0.2, 0) is 9.84 Å². The quantitative estimate of drug-likeness (QED) is 0.822. The molecule has 1 aromatic heterocycles. The van der Waals surface area contributed by atoms with Crippen LogP contribution in [0.4, 0.5) is 0 Å². The molecule has 86 valence electrons. The number of rotatable bonds is 6. The zero-order valence-electron chi connectivity index (χ0n) is 8.93. The molecule has 1 unspecified atom stereocenters. The predicted octanol–water partition coefficient (Wildman–Crippen LogP) is 1.23. The van der Waals surface area contributed by atoms with Gasteiger partial charge in [-0.2, -0.15) is 0 Å². The van der Waals surface area contributed by atoms with Crippen molar-refractivity contribution in [1.82, 2.24) is 10.3 Å². The second kappa shape index (κ2) is 5.58. The Bertz CT molecular complexity index is 373. The molecule has 1 N–H and O–H groups in total. The molecule has 0 bridgehead atoms. The highest BCUT2D eigenvalue weighted by Crippen LogP contribution is 2.15. The molecule has 1 atom stereocenters. The van der Waals surface area contributed by atoms with Gasteiger partial charge in [0.05, 0.1) is 11.3 Å². The van der Waals surface area contributed by atoms with Gasteiger partial charge in [-0.05, 0) is 6.92 Å². The number of nitrogens with zero attached hydrogens (tertiary/aromatic N) is 1. The first-order valence-corrected chi connectivity index (χ1v) is 7.57. The van der Waals surface area contributed by atoms with E-state index in [9.17, 15) is 8.42 Å². The SMILES string of the molecule is CCS(=O)(=O)CCNC(C)c1cncs1. The normalized spacial score (nSPS) is 14.0. The Morgan fingerprint density at radius 2 is 2.33 bits per heavy atom. The van der Waals surface area contributed by atoms with Crippen molar-refractivity contribution in [3.05, 3.63) is 16.6 Å². The maximum absolute atomic E-state index is 11.2. The van der Waals surface area contributed by atoms with Gasteiger partial charge in [0.15, 0.2) is 9.84 Å². The lowest BCUT2D eigenvalue weighted by molar-refractivity contribution is 0.576. The van der Waals surface area contributed by atoms with Crippen molar-refractivity contribution in [1.29, 1.82) is 0 Å². The monoisotopic (exact) mass is 248 g/mol. The highest BCUT2D eigenvalue weighted by atomic mass is 32.2. The summed E-state index contributed by atoms with van der Waals surface area (Å²) in [6, 6.07) is 0.171. The number of thiazole rings is 1. The fourth-order valence-corrected chi connectivity index (χ4v) is 2.49. The molecule has 1 rings (SSSR count). The third kappa shape index (κ3) is 4.27. The summed E-state index contributed by atoms with van der Waals surface area (Å²) < 4.78 is 22.4. The standard InChI is InChI=1S/C9H16N2O2S2/c1-3-15(12,13)5-4-11-8(2)9-6-10-7-14-9/h6-8,11H,3-5H2,1-2H3. The van der Waals surface area contributed by atoms with E-state index in [0.29, 0.717) is 6.54 Å². The first-order valence-electron chi connectivity index (χ1n) is 4.87. The van der Waals surface area contributed by atoms with Crippen LogP contribution < -0.4 is 5.32 Å². The molecule has 6 heteroatoms. The van der Waals surface area contributed by atoms with E-state index in [1.807, 2.05) is 6.92 Å². The smallest absolute Gasteiger partial charge is 0.151 e. The van der Waals surface area contributed by atoms with Gasteiger partial charge in [0.1, 0.15) is 0 Å². The van der Waals surface area contributed by atoms with Gasteiger partial charge in [-0.25, -0.2) is 8.42 Å². The first-order chi connectivity index (χ1) is 7.05. The van der Waals surface area contributed by atoms with Crippen molar-refractivity contribution in [2.24, 2.45) is 0 Å². The summed E-state index contributed by atoms with van der Waals surface area (Å²) >= 11 is 1.57. The van der Waals surface area contributed by atoms with Crippen LogP contribution in [0.3, 0.4) is 0 Å². The molecule has 0 aliphatic heterocycles. The molecule has 0 amide bonds. The lowest BCUT2D eigenvalue weighted by atomic mass is 10.3. The summed E-state index contributed by atoms with van der Waals surface area (Å²) in [5.74, 6) is 0.413. The van der Waals surface area contributed by atoms with Crippen LogP contribution in [0.15, 0.2) is 11.7 Å². The Morgan fingerprint density at radius 3 is 2.87 bits per heavy atom. The molecule has 0 fully saturated rings. The Hall–Kier alpha value is -0.460. The van der Waals surface area contributed by atoms with Gasteiger partial charge in [-0.1, -0.05) is 6.92 Å². The third-order valence-electron chi connectivity index (χ3n) is 2.18. The van der Waals surface area contributed by atoms with Crippen LogP contribution in [0.5, 0.6) is 0 Å². The number of nitrogens with one attached hydrogen (secondary N) is 1. The predicted molar refractivity (Wildman–Crippen MR) is 62.9 cm³/mol. The maximum atomic E-state index is 11.2. The molecule has 1 heterocycles. The fraction of sp³-hybridized carbons (Fsp3) is 0.667. The molecule has 0 aliphatic carbocycles. The molecule has 15 heavy (non-hydrogen) atoms. The van der Waals surface area contributed by atoms with Crippen molar-refractivity contribution >= 4 is 21.2 Å². The Balaban J connectivity index is 2.33. The molecule has 0 aromatic carbocycles. The van der Waals surface area contributed by atoms with E-state index in [4.69, 9.17) is 0 Å². The Morgan fingerprint density at radius 1 is 1.60 bits per heavy atom. The average molecular weight is 248 g/mol. The molecular weight excluding hydrogens is 232 g/mol. The van der Waals surface area contributed by atoms with E-state index >= 15 is 0 Å². The largest absolute Gasteiger partial charge is 0.308 e. The summed E-state index contributed by atoms with van der Waals surface area (Å²) in [5, 5.41) is 3.17. The van der Waals surface area contributed by atoms with Crippen molar-refractivity contribution in [2.75, 3.05) is 18.1 Å². The maximum Gasteiger partial charge on any atom is 0.151 e. The van der Waals surface area contributed by atoms with Gasteiger partial charge >= 0.3 is 0 Å². The summed E-state index contributed by atoms with van der Waals surface area (Å²) in [7, 11) is -2.86. The fourth-order valence-electron chi connectivity index (χ4n) is 1.12. The summed E-state index contributed by atoms with van der Waals surface area (Å²) in [4.78, 5) is 5.11. The molecule has 1 aromatic rings. The first kappa shape index (κ1) is 12.6. The molecule has 0 aliphatic rings. The third-order valence-corrected chi connectivity index (χ3v) is 4.85. The summed E-state index contributed by atoms with van der Waals surface area (Å²) in [6.07, 6.45) is 1.80. The number of aromatic nitrogens is 1. The van der Waals surface area contributed by atoms with Crippen LogP contribution in [0, 0.1) is 0 Å². The van der Waals surface area contributed by atoms with Crippen molar-refractivity contribution in [3.63, 3.8) is 0 Å². The van der Waals surface area contributed by atoms with Crippen molar-refractivity contribution in [2.45, 2.75) is 19.9 Å². The minimum atomic E-state index is -2.86. The topological polar surface area (TPSA) is 59.1 Å². The summed E-state index contributed by atoms with van der Waals surface area (Å²) in [6.45, 7) is 4.17. The van der Waals surface area contributed by atoms with Crippen molar-refractivity contribution in [3.8, 4) is 0 Å². The van der Waals surface area contributed by atoms with Crippen LogP contribution in [0.25, 0.3) is 0 Å². The number of hydrogen-bond donors (Lipinski definition) is 1. The Labute approximate surface area is 94.7 Å². The van der Waals surface area contributed by atoms with E-state index in [2.05, 4.69) is 10.3 Å². The van der Waals surface area contributed by atoms with E-state index in [1.165, 1.54) is 0 Å².